The maximum Gasteiger partial charge on any atom is 0.255 e. The van der Waals surface area contributed by atoms with Crippen LogP contribution in [-0.2, 0) is 4.74 Å². The minimum Gasteiger partial charge on any atom is -0.379 e. The number of aromatic nitrogens is 4. The number of hydrogen-bond acceptors (Lipinski definition) is 8. The van der Waals surface area contributed by atoms with E-state index in [9.17, 15) is 5.26 Å². The van der Waals surface area contributed by atoms with E-state index >= 15 is 0 Å². The molecule has 126 valence electrons. The SMILES string of the molecule is Cc1noc([C@@H]2CC[C@H](CNc3c(C#N)nnc4ccccc34)O2)n1. The van der Waals surface area contributed by atoms with Crippen molar-refractivity contribution in [3.05, 3.63) is 41.7 Å². The van der Waals surface area contributed by atoms with Crippen LogP contribution in [0.15, 0.2) is 28.8 Å². The molecule has 1 aliphatic heterocycles. The number of anilines is 1. The van der Waals surface area contributed by atoms with Crippen molar-refractivity contribution in [2.45, 2.75) is 32.0 Å². The zero-order valence-electron chi connectivity index (χ0n) is 13.6. The van der Waals surface area contributed by atoms with Crippen molar-refractivity contribution in [1.82, 2.24) is 20.3 Å². The fraction of sp³-hybridized carbons (Fsp3) is 0.353. The summed E-state index contributed by atoms with van der Waals surface area (Å²) in [6.45, 7) is 2.35. The van der Waals surface area contributed by atoms with Gasteiger partial charge in [-0.1, -0.05) is 23.4 Å². The third kappa shape index (κ3) is 3.02. The van der Waals surface area contributed by atoms with Gasteiger partial charge < -0.3 is 14.6 Å². The number of aryl methyl sites for hydroxylation is 1. The minimum atomic E-state index is -0.171. The smallest absolute Gasteiger partial charge is 0.255 e. The minimum absolute atomic E-state index is 0.00400. The van der Waals surface area contributed by atoms with E-state index in [2.05, 4.69) is 31.7 Å². The van der Waals surface area contributed by atoms with Gasteiger partial charge in [-0.3, -0.25) is 0 Å². The van der Waals surface area contributed by atoms with Crippen LogP contribution in [0, 0.1) is 18.3 Å². The van der Waals surface area contributed by atoms with Crippen molar-refractivity contribution in [2.75, 3.05) is 11.9 Å². The number of rotatable bonds is 4. The van der Waals surface area contributed by atoms with Crippen LogP contribution in [0.1, 0.15) is 36.4 Å². The maximum absolute atomic E-state index is 9.31. The van der Waals surface area contributed by atoms with Crippen molar-refractivity contribution in [2.24, 2.45) is 0 Å². The van der Waals surface area contributed by atoms with Gasteiger partial charge in [0.15, 0.2) is 11.5 Å². The molecule has 8 nitrogen and oxygen atoms in total. The average Bonchev–Trinajstić information content (AvgIpc) is 3.28. The lowest BCUT2D eigenvalue weighted by Gasteiger charge is -2.15. The monoisotopic (exact) mass is 336 g/mol. The van der Waals surface area contributed by atoms with Crippen LogP contribution >= 0.6 is 0 Å². The Morgan fingerprint density at radius 2 is 2.16 bits per heavy atom. The third-order valence-electron chi connectivity index (χ3n) is 4.21. The quantitative estimate of drug-likeness (QED) is 0.774. The Bertz CT molecular complexity index is 948. The van der Waals surface area contributed by atoms with Gasteiger partial charge in [0.2, 0.25) is 0 Å². The molecule has 1 N–H and O–H groups in total. The van der Waals surface area contributed by atoms with Crippen LogP contribution in [0.5, 0.6) is 0 Å². The zero-order chi connectivity index (χ0) is 17.2. The second-order valence-electron chi connectivity index (χ2n) is 5.94. The number of ether oxygens (including phenoxy) is 1. The van der Waals surface area contributed by atoms with Gasteiger partial charge in [0.1, 0.15) is 12.2 Å². The number of nitrogens with one attached hydrogen (secondary N) is 1. The van der Waals surface area contributed by atoms with Gasteiger partial charge in [0.25, 0.3) is 5.89 Å². The molecule has 1 aliphatic rings. The van der Waals surface area contributed by atoms with Crippen LogP contribution in [0.3, 0.4) is 0 Å². The largest absolute Gasteiger partial charge is 0.379 e. The molecule has 4 rings (SSSR count). The van der Waals surface area contributed by atoms with E-state index in [0.29, 0.717) is 23.9 Å². The van der Waals surface area contributed by atoms with Gasteiger partial charge in [-0.25, -0.2) is 0 Å². The molecule has 0 bridgehead atoms. The lowest BCUT2D eigenvalue weighted by molar-refractivity contribution is 0.0327. The number of benzene rings is 1. The van der Waals surface area contributed by atoms with Crippen LogP contribution in [0.4, 0.5) is 5.69 Å². The molecule has 0 radical (unpaired) electrons. The Morgan fingerprint density at radius 3 is 2.96 bits per heavy atom. The first kappa shape index (κ1) is 15.5. The second-order valence-corrected chi connectivity index (χ2v) is 5.94. The molecule has 2 atom stereocenters. The topological polar surface area (TPSA) is 110 Å². The van der Waals surface area contributed by atoms with E-state index in [1.807, 2.05) is 24.3 Å². The molecular weight excluding hydrogens is 320 g/mol. The molecule has 0 saturated carbocycles. The van der Waals surface area contributed by atoms with Crippen LogP contribution in [0.2, 0.25) is 0 Å². The molecule has 3 aromatic rings. The van der Waals surface area contributed by atoms with Gasteiger partial charge in [-0.05, 0) is 25.8 Å². The zero-order valence-corrected chi connectivity index (χ0v) is 13.6. The Labute approximate surface area is 143 Å². The first-order chi connectivity index (χ1) is 12.2. The fourth-order valence-corrected chi connectivity index (χ4v) is 3.01. The van der Waals surface area contributed by atoms with E-state index in [1.165, 1.54) is 0 Å². The highest BCUT2D eigenvalue weighted by molar-refractivity contribution is 5.92. The lowest BCUT2D eigenvalue weighted by Crippen LogP contribution is -2.20. The Balaban J connectivity index is 1.49. The van der Waals surface area contributed by atoms with E-state index < -0.39 is 0 Å². The Kier molecular flexibility index (Phi) is 3.99. The summed E-state index contributed by atoms with van der Waals surface area (Å²) in [4.78, 5) is 4.23. The fourth-order valence-electron chi connectivity index (χ4n) is 3.01. The summed E-state index contributed by atoms with van der Waals surface area (Å²) >= 11 is 0. The molecule has 1 saturated heterocycles. The van der Waals surface area contributed by atoms with E-state index in [0.717, 1.165) is 23.7 Å². The van der Waals surface area contributed by atoms with Crippen molar-refractivity contribution in [1.29, 1.82) is 5.26 Å². The van der Waals surface area contributed by atoms with Crippen molar-refractivity contribution < 1.29 is 9.26 Å². The summed E-state index contributed by atoms with van der Waals surface area (Å²) in [7, 11) is 0. The molecule has 3 heterocycles. The Morgan fingerprint density at radius 1 is 1.28 bits per heavy atom. The highest BCUT2D eigenvalue weighted by Crippen LogP contribution is 2.32. The molecule has 0 spiro atoms. The summed E-state index contributed by atoms with van der Waals surface area (Å²) in [6, 6.07) is 9.69. The van der Waals surface area contributed by atoms with Gasteiger partial charge in [0, 0.05) is 11.9 Å². The van der Waals surface area contributed by atoms with Crippen LogP contribution in [0.25, 0.3) is 10.9 Å². The Hall–Kier alpha value is -3.05. The van der Waals surface area contributed by atoms with Crippen molar-refractivity contribution >= 4 is 16.6 Å². The van der Waals surface area contributed by atoms with Gasteiger partial charge in [-0.15, -0.1) is 10.2 Å². The van der Waals surface area contributed by atoms with E-state index in [1.54, 1.807) is 6.92 Å². The summed E-state index contributed by atoms with van der Waals surface area (Å²) in [6.07, 6.45) is 1.53. The first-order valence-corrected chi connectivity index (χ1v) is 8.09. The van der Waals surface area contributed by atoms with Gasteiger partial charge in [0.05, 0.1) is 17.3 Å². The first-order valence-electron chi connectivity index (χ1n) is 8.09. The summed E-state index contributed by atoms with van der Waals surface area (Å²) in [5.74, 6) is 1.13. The highest BCUT2D eigenvalue weighted by Gasteiger charge is 2.30. The van der Waals surface area contributed by atoms with E-state index in [4.69, 9.17) is 9.26 Å². The average molecular weight is 336 g/mol. The number of nitriles is 1. The molecule has 0 unspecified atom stereocenters. The highest BCUT2D eigenvalue weighted by atomic mass is 16.5. The maximum atomic E-state index is 9.31. The third-order valence-corrected chi connectivity index (χ3v) is 4.21. The van der Waals surface area contributed by atoms with E-state index in [-0.39, 0.29) is 17.9 Å². The number of nitrogens with zero attached hydrogens (tertiary/aromatic N) is 5. The molecule has 8 heteroatoms. The van der Waals surface area contributed by atoms with Crippen molar-refractivity contribution in [3.8, 4) is 6.07 Å². The number of fused-ring (bicyclic) bond motifs is 1. The molecule has 0 amide bonds. The van der Waals surface area contributed by atoms with Crippen LogP contribution in [-0.4, -0.2) is 33.0 Å². The normalized spacial score (nSPS) is 19.8. The molecule has 2 aromatic heterocycles. The van der Waals surface area contributed by atoms with Crippen molar-refractivity contribution in [3.63, 3.8) is 0 Å². The summed E-state index contributed by atoms with van der Waals surface area (Å²) < 4.78 is 11.2. The molecule has 0 aliphatic carbocycles. The molecule has 1 aromatic carbocycles. The summed E-state index contributed by atoms with van der Waals surface area (Å²) in [5.41, 5.74) is 1.71. The predicted octanol–water partition coefficient (Wildman–Crippen LogP) is 2.53. The van der Waals surface area contributed by atoms with Gasteiger partial charge >= 0.3 is 0 Å². The summed E-state index contributed by atoms with van der Waals surface area (Å²) in [5, 5.41) is 25.4. The lowest BCUT2D eigenvalue weighted by atomic mass is 10.1. The predicted molar refractivity (Wildman–Crippen MR) is 88.6 cm³/mol. The molecule has 1 fully saturated rings. The van der Waals surface area contributed by atoms with Gasteiger partial charge in [-0.2, -0.15) is 10.2 Å². The van der Waals surface area contributed by atoms with Crippen LogP contribution < -0.4 is 5.32 Å². The second kappa shape index (κ2) is 6.45. The standard InChI is InChI=1S/C17H16N6O2/c1-10-20-17(25-23-10)15-7-6-11(24-15)9-19-16-12-4-2-3-5-13(12)21-22-14(16)8-18/h2-5,11,15H,6-7,9H2,1H3,(H,19,21)/t11-,15+/m1/s1. The molecular formula is C17H16N6O2. The number of hydrogen-bond donors (Lipinski definition) is 1. The molecule has 25 heavy (non-hydrogen) atoms.